The molecule has 0 aromatic heterocycles. The zero-order valence-electron chi connectivity index (χ0n) is 8.94. The van der Waals surface area contributed by atoms with Crippen LogP contribution in [0.5, 0.6) is 0 Å². The topological polar surface area (TPSA) is 18.5 Å². The van der Waals surface area contributed by atoms with E-state index in [1.807, 2.05) is 13.8 Å². The number of rotatable bonds is 8. The van der Waals surface area contributed by atoms with Gasteiger partial charge in [-0.15, -0.1) is 11.6 Å². The van der Waals surface area contributed by atoms with Gasteiger partial charge in [0.2, 0.25) is 0 Å². The van der Waals surface area contributed by atoms with Crippen LogP contribution in [0.1, 0.15) is 33.6 Å². The van der Waals surface area contributed by atoms with Crippen molar-refractivity contribution in [2.75, 3.05) is 18.7 Å². The zero-order chi connectivity index (χ0) is 10.2. The minimum atomic E-state index is -2.03. The lowest BCUT2D eigenvalue weighted by Gasteiger charge is -2.27. The quantitative estimate of drug-likeness (QED) is 0.466. The lowest BCUT2D eigenvalue weighted by molar-refractivity contribution is 0.187. The number of unbranched alkanes of at least 4 members (excludes halogenated alkanes) is 1. The first-order valence-electron chi connectivity index (χ1n) is 5.08. The fourth-order valence-corrected chi connectivity index (χ4v) is 4.77. The molecule has 0 atom stereocenters. The van der Waals surface area contributed by atoms with E-state index in [-0.39, 0.29) is 0 Å². The van der Waals surface area contributed by atoms with E-state index >= 15 is 0 Å². The first kappa shape index (κ1) is 13.4. The summed E-state index contributed by atoms with van der Waals surface area (Å²) in [5, 5.41) is 0. The van der Waals surface area contributed by atoms with Crippen LogP contribution in [0.15, 0.2) is 0 Å². The second-order valence-electron chi connectivity index (χ2n) is 3.01. The molecule has 0 saturated carbocycles. The molecular weight excluding hydrogens is 204 g/mol. The van der Waals surface area contributed by atoms with Gasteiger partial charge in [-0.1, -0.05) is 19.8 Å². The normalized spacial score (nSPS) is 12.0. The molecular formula is C9H21ClO2Si. The summed E-state index contributed by atoms with van der Waals surface area (Å²) in [5.74, 6) is 0. The van der Waals surface area contributed by atoms with Gasteiger partial charge < -0.3 is 8.85 Å². The van der Waals surface area contributed by atoms with Crippen LogP contribution in [0.2, 0.25) is 6.04 Å². The number of hydrogen-bond donors (Lipinski definition) is 0. The predicted molar refractivity (Wildman–Crippen MR) is 59.4 cm³/mol. The largest absolute Gasteiger partial charge is 0.394 e. The fraction of sp³-hybridized carbons (Fsp3) is 1.00. The predicted octanol–water partition coefficient (Wildman–Crippen LogP) is 3.08. The molecule has 0 fully saturated rings. The van der Waals surface area contributed by atoms with Gasteiger partial charge in [-0.2, -0.15) is 0 Å². The first-order valence-corrected chi connectivity index (χ1v) is 7.85. The van der Waals surface area contributed by atoms with Crippen LogP contribution in [0.3, 0.4) is 0 Å². The van der Waals surface area contributed by atoms with Crippen LogP contribution in [0, 0.1) is 0 Å². The smallest absolute Gasteiger partial charge is 0.353 e. The number of halogens is 1. The minimum absolute atomic E-state index is 0.550. The van der Waals surface area contributed by atoms with E-state index in [2.05, 4.69) is 6.92 Å². The Morgan fingerprint density at radius 2 is 1.62 bits per heavy atom. The lowest BCUT2D eigenvalue weighted by Crippen LogP contribution is -2.44. The Kier molecular flexibility index (Phi) is 8.05. The van der Waals surface area contributed by atoms with Gasteiger partial charge in [-0.05, 0) is 19.9 Å². The Balaban J connectivity index is 4.07. The van der Waals surface area contributed by atoms with Gasteiger partial charge in [0.15, 0.2) is 0 Å². The van der Waals surface area contributed by atoms with Crippen molar-refractivity contribution in [2.24, 2.45) is 0 Å². The van der Waals surface area contributed by atoms with Crippen LogP contribution >= 0.6 is 11.6 Å². The third kappa shape index (κ3) is 5.01. The molecule has 80 valence electrons. The molecule has 2 nitrogen and oxygen atoms in total. The van der Waals surface area contributed by atoms with Crippen molar-refractivity contribution < 1.29 is 8.85 Å². The van der Waals surface area contributed by atoms with E-state index in [9.17, 15) is 0 Å². The van der Waals surface area contributed by atoms with Crippen LogP contribution in [-0.2, 0) is 8.85 Å². The highest BCUT2D eigenvalue weighted by atomic mass is 35.5. The summed E-state index contributed by atoms with van der Waals surface area (Å²) in [6.07, 6.45) is 2.32. The third-order valence-corrected chi connectivity index (χ3v) is 6.30. The molecule has 0 saturated heterocycles. The SMILES string of the molecule is CCCC[Si](CCl)(OCC)OCC. The summed E-state index contributed by atoms with van der Waals surface area (Å²) < 4.78 is 11.4. The van der Waals surface area contributed by atoms with Crippen molar-refractivity contribution in [1.29, 1.82) is 0 Å². The van der Waals surface area contributed by atoms with Crippen LogP contribution in [-0.4, -0.2) is 27.3 Å². The highest BCUT2D eigenvalue weighted by Gasteiger charge is 2.35. The summed E-state index contributed by atoms with van der Waals surface area (Å²) in [4.78, 5) is 0. The standard InChI is InChI=1S/C9H21ClO2Si/c1-4-7-8-13(9-10,11-5-2)12-6-3/h4-9H2,1-3H3. The summed E-state index contributed by atoms with van der Waals surface area (Å²) in [6.45, 7) is 7.59. The van der Waals surface area contributed by atoms with E-state index in [0.29, 0.717) is 18.7 Å². The first-order chi connectivity index (χ1) is 6.24. The van der Waals surface area contributed by atoms with Gasteiger partial charge in [0, 0.05) is 13.2 Å². The van der Waals surface area contributed by atoms with Gasteiger partial charge in [0.05, 0.1) is 5.50 Å². The Hall–Kier alpha value is 0.427. The molecule has 0 aromatic rings. The van der Waals surface area contributed by atoms with E-state index in [1.165, 1.54) is 6.42 Å². The van der Waals surface area contributed by atoms with Crippen molar-refractivity contribution in [3.05, 3.63) is 0 Å². The molecule has 0 aromatic carbocycles. The molecule has 0 N–H and O–H groups in total. The highest BCUT2D eigenvalue weighted by Crippen LogP contribution is 2.18. The van der Waals surface area contributed by atoms with Crippen molar-refractivity contribution >= 4 is 20.2 Å². The van der Waals surface area contributed by atoms with Crippen molar-refractivity contribution in [3.63, 3.8) is 0 Å². The number of hydrogen-bond acceptors (Lipinski definition) is 2. The molecule has 0 spiro atoms. The minimum Gasteiger partial charge on any atom is -0.394 e. The summed E-state index contributed by atoms with van der Waals surface area (Å²) in [5.41, 5.74) is 0.550. The van der Waals surface area contributed by atoms with Gasteiger partial charge >= 0.3 is 8.56 Å². The summed E-state index contributed by atoms with van der Waals surface area (Å²) >= 11 is 5.93. The van der Waals surface area contributed by atoms with Gasteiger partial charge in [-0.25, -0.2) is 0 Å². The van der Waals surface area contributed by atoms with E-state index in [0.717, 1.165) is 12.5 Å². The summed E-state index contributed by atoms with van der Waals surface area (Å²) in [6, 6.07) is 1.02. The van der Waals surface area contributed by atoms with Crippen molar-refractivity contribution in [1.82, 2.24) is 0 Å². The molecule has 0 rings (SSSR count). The second-order valence-corrected chi connectivity index (χ2v) is 6.98. The molecule has 4 heteroatoms. The maximum absolute atomic E-state index is 5.93. The Bertz CT molecular complexity index is 116. The second kappa shape index (κ2) is 7.80. The van der Waals surface area contributed by atoms with Crippen LogP contribution < -0.4 is 0 Å². The Morgan fingerprint density at radius 3 is 1.92 bits per heavy atom. The Labute approximate surface area is 87.8 Å². The molecule has 0 radical (unpaired) electrons. The average molecular weight is 225 g/mol. The van der Waals surface area contributed by atoms with E-state index < -0.39 is 8.56 Å². The van der Waals surface area contributed by atoms with Crippen molar-refractivity contribution in [3.8, 4) is 0 Å². The molecule has 0 aliphatic heterocycles. The van der Waals surface area contributed by atoms with Crippen LogP contribution in [0.25, 0.3) is 0 Å². The number of alkyl halides is 1. The van der Waals surface area contributed by atoms with Gasteiger partial charge in [-0.3, -0.25) is 0 Å². The monoisotopic (exact) mass is 224 g/mol. The van der Waals surface area contributed by atoms with Gasteiger partial charge in [0.25, 0.3) is 0 Å². The molecule has 0 aliphatic rings. The van der Waals surface area contributed by atoms with Crippen molar-refractivity contribution in [2.45, 2.75) is 39.7 Å². The lowest BCUT2D eigenvalue weighted by atomic mass is 10.4. The average Bonchev–Trinajstić information content (AvgIpc) is 2.15. The maximum atomic E-state index is 5.93. The van der Waals surface area contributed by atoms with E-state index in [4.69, 9.17) is 20.5 Å². The molecule has 13 heavy (non-hydrogen) atoms. The summed E-state index contributed by atoms with van der Waals surface area (Å²) in [7, 11) is -2.03. The molecule has 0 unspecified atom stereocenters. The molecule has 0 bridgehead atoms. The fourth-order valence-electron chi connectivity index (χ4n) is 1.30. The Morgan fingerprint density at radius 1 is 1.08 bits per heavy atom. The zero-order valence-corrected chi connectivity index (χ0v) is 10.7. The van der Waals surface area contributed by atoms with Gasteiger partial charge in [0.1, 0.15) is 0 Å². The van der Waals surface area contributed by atoms with Crippen LogP contribution in [0.4, 0.5) is 0 Å². The molecule has 0 aliphatic carbocycles. The molecule has 0 heterocycles. The third-order valence-electron chi connectivity index (χ3n) is 1.93. The molecule has 0 amide bonds. The maximum Gasteiger partial charge on any atom is 0.353 e. The van der Waals surface area contributed by atoms with E-state index in [1.54, 1.807) is 0 Å². The highest BCUT2D eigenvalue weighted by molar-refractivity contribution is 6.74.